The minimum Gasteiger partial charge on any atom is -0.323 e. The molecule has 0 heterocycles. The summed E-state index contributed by atoms with van der Waals surface area (Å²) in [6.45, 7) is 0. The summed E-state index contributed by atoms with van der Waals surface area (Å²) in [5.74, 6) is 1.24. The Morgan fingerprint density at radius 1 is 1.44 bits per heavy atom. The van der Waals surface area contributed by atoms with E-state index in [2.05, 4.69) is 0 Å². The first-order valence-electron chi connectivity index (χ1n) is 3.63. The maximum atomic E-state index is 7.52. The Morgan fingerprint density at radius 2 is 2.22 bits per heavy atom. The molecule has 2 saturated carbocycles. The van der Waals surface area contributed by atoms with Gasteiger partial charge in [0.1, 0.15) is 0 Å². The first kappa shape index (κ1) is 5.42. The van der Waals surface area contributed by atoms with Crippen LogP contribution in [0.5, 0.6) is 0 Å². The zero-order valence-corrected chi connectivity index (χ0v) is 5.43. The van der Waals surface area contributed by atoms with Gasteiger partial charge < -0.3 is 11.1 Å². The van der Waals surface area contributed by atoms with Crippen LogP contribution in [-0.4, -0.2) is 11.8 Å². The van der Waals surface area contributed by atoms with E-state index in [1.54, 1.807) is 0 Å². The zero-order chi connectivity index (χ0) is 6.43. The summed E-state index contributed by atoms with van der Waals surface area (Å²) in [7, 11) is 0. The van der Waals surface area contributed by atoms with Crippen LogP contribution < -0.4 is 5.73 Å². The molecule has 0 aliphatic heterocycles. The van der Waals surface area contributed by atoms with E-state index in [-0.39, 0.29) is 6.04 Å². The molecule has 9 heavy (non-hydrogen) atoms. The lowest BCUT2D eigenvalue weighted by Gasteiger charge is -2.17. The van der Waals surface area contributed by atoms with Gasteiger partial charge >= 0.3 is 0 Å². The Balaban J connectivity index is 2.25. The fraction of sp³-hybridized carbons (Fsp3) is 0.857. The number of nitrogens with one attached hydrogen (secondary N) is 1. The van der Waals surface area contributed by atoms with Gasteiger partial charge in [0.2, 0.25) is 0 Å². The maximum absolute atomic E-state index is 7.52. The molecule has 2 aliphatic rings. The predicted molar refractivity (Wildman–Crippen MR) is 36.5 cm³/mol. The van der Waals surface area contributed by atoms with Crippen molar-refractivity contribution in [2.45, 2.75) is 25.3 Å². The Kier molecular flexibility index (Phi) is 0.943. The van der Waals surface area contributed by atoms with E-state index in [4.69, 9.17) is 11.1 Å². The van der Waals surface area contributed by atoms with Crippen molar-refractivity contribution in [1.82, 2.24) is 0 Å². The lowest BCUT2D eigenvalue weighted by molar-refractivity contribution is 0.526. The molecule has 0 radical (unpaired) electrons. The largest absolute Gasteiger partial charge is 0.323 e. The van der Waals surface area contributed by atoms with E-state index in [0.717, 1.165) is 5.71 Å². The second-order valence-corrected chi connectivity index (χ2v) is 3.25. The summed E-state index contributed by atoms with van der Waals surface area (Å²) in [6.07, 6.45) is 3.71. The minimum atomic E-state index is 0.128. The van der Waals surface area contributed by atoms with Crippen LogP contribution in [0.1, 0.15) is 19.3 Å². The van der Waals surface area contributed by atoms with Crippen molar-refractivity contribution < 1.29 is 0 Å². The van der Waals surface area contributed by atoms with Crippen LogP contribution in [0, 0.1) is 17.2 Å². The van der Waals surface area contributed by atoms with Crippen molar-refractivity contribution in [3.8, 4) is 0 Å². The van der Waals surface area contributed by atoms with E-state index in [1.807, 2.05) is 0 Å². The summed E-state index contributed by atoms with van der Waals surface area (Å²) >= 11 is 0. The van der Waals surface area contributed by atoms with E-state index in [1.165, 1.54) is 19.3 Å². The third kappa shape index (κ3) is 0.568. The van der Waals surface area contributed by atoms with Gasteiger partial charge in [-0.15, -0.1) is 0 Å². The summed E-state index contributed by atoms with van der Waals surface area (Å²) in [5.41, 5.74) is 6.56. The zero-order valence-electron chi connectivity index (χ0n) is 5.43. The van der Waals surface area contributed by atoms with Gasteiger partial charge in [-0.25, -0.2) is 0 Å². The molecular weight excluding hydrogens is 112 g/mol. The van der Waals surface area contributed by atoms with E-state index < -0.39 is 0 Å². The van der Waals surface area contributed by atoms with Crippen LogP contribution in [0.2, 0.25) is 0 Å². The molecule has 2 aliphatic carbocycles. The molecule has 0 saturated heterocycles. The standard InChI is InChI=1S/C7H12N2/c8-6-4-1-2-5(3-4)7(6)9/h4-6,9H,1-3,8H2. The third-order valence-corrected chi connectivity index (χ3v) is 2.78. The number of rotatable bonds is 0. The van der Waals surface area contributed by atoms with Crippen LogP contribution >= 0.6 is 0 Å². The molecule has 3 N–H and O–H groups in total. The molecule has 2 rings (SSSR count). The summed E-state index contributed by atoms with van der Waals surface area (Å²) < 4.78 is 0. The highest BCUT2D eigenvalue weighted by atomic mass is 14.8. The van der Waals surface area contributed by atoms with Crippen LogP contribution in [0.4, 0.5) is 0 Å². The number of nitrogens with two attached hydrogens (primary N) is 1. The molecule has 3 atom stereocenters. The quantitative estimate of drug-likeness (QED) is 0.492. The molecule has 0 aromatic heterocycles. The highest BCUT2D eigenvalue weighted by Gasteiger charge is 2.41. The van der Waals surface area contributed by atoms with Crippen molar-refractivity contribution in [1.29, 1.82) is 5.41 Å². The van der Waals surface area contributed by atoms with Crippen molar-refractivity contribution in [3.05, 3.63) is 0 Å². The van der Waals surface area contributed by atoms with Crippen molar-refractivity contribution in [2.24, 2.45) is 17.6 Å². The Morgan fingerprint density at radius 3 is 2.56 bits per heavy atom. The molecule has 0 amide bonds. The second kappa shape index (κ2) is 1.57. The predicted octanol–water partition coefficient (Wildman–Crippen LogP) is 0.763. The molecule has 50 valence electrons. The number of hydrogen-bond acceptors (Lipinski definition) is 2. The average molecular weight is 124 g/mol. The highest BCUT2D eigenvalue weighted by Crippen LogP contribution is 2.41. The lowest BCUT2D eigenvalue weighted by atomic mass is 9.94. The molecule has 2 fully saturated rings. The monoisotopic (exact) mass is 124 g/mol. The summed E-state index contributed by atoms with van der Waals surface area (Å²) in [4.78, 5) is 0. The van der Waals surface area contributed by atoms with Gasteiger partial charge in [-0.05, 0) is 31.1 Å². The molecule has 0 aromatic rings. The van der Waals surface area contributed by atoms with Gasteiger partial charge in [0.25, 0.3) is 0 Å². The van der Waals surface area contributed by atoms with Crippen molar-refractivity contribution in [3.63, 3.8) is 0 Å². The smallest absolute Gasteiger partial charge is 0.0454 e. The second-order valence-electron chi connectivity index (χ2n) is 3.25. The van der Waals surface area contributed by atoms with Gasteiger partial charge in [-0.1, -0.05) is 0 Å². The molecule has 0 aromatic carbocycles. The van der Waals surface area contributed by atoms with Gasteiger partial charge in [0, 0.05) is 11.8 Å². The fourth-order valence-corrected chi connectivity index (χ4v) is 2.15. The molecule has 2 bridgehead atoms. The first-order chi connectivity index (χ1) is 4.29. The topological polar surface area (TPSA) is 49.9 Å². The molecule has 2 heteroatoms. The van der Waals surface area contributed by atoms with E-state index >= 15 is 0 Å². The SMILES string of the molecule is N=C1C2CCC(C2)C1N. The number of hydrogen-bond donors (Lipinski definition) is 2. The average Bonchev–Trinajstić information content (AvgIpc) is 2.37. The van der Waals surface area contributed by atoms with Crippen LogP contribution in [0.3, 0.4) is 0 Å². The normalized spacial score (nSPS) is 48.6. The van der Waals surface area contributed by atoms with Gasteiger partial charge in [0.15, 0.2) is 0 Å². The highest BCUT2D eigenvalue weighted by molar-refractivity contribution is 5.92. The maximum Gasteiger partial charge on any atom is 0.0454 e. The number of fused-ring (bicyclic) bond motifs is 2. The Bertz CT molecular complexity index is 149. The first-order valence-corrected chi connectivity index (χ1v) is 3.63. The van der Waals surface area contributed by atoms with Gasteiger partial charge in [0.05, 0.1) is 0 Å². The van der Waals surface area contributed by atoms with E-state index in [9.17, 15) is 0 Å². The van der Waals surface area contributed by atoms with Crippen LogP contribution in [0.25, 0.3) is 0 Å². The Labute approximate surface area is 54.9 Å². The lowest BCUT2D eigenvalue weighted by Crippen LogP contribution is -2.35. The van der Waals surface area contributed by atoms with E-state index in [0.29, 0.717) is 11.8 Å². The van der Waals surface area contributed by atoms with Gasteiger partial charge in [-0.3, -0.25) is 0 Å². The Hall–Kier alpha value is -0.370. The third-order valence-electron chi connectivity index (χ3n) is 2.78. The minimum absolute atomic E-state index is 0.128. The molecule has 3 unspecified atom stereocenters. The molecule has 0 spiro atoms. The molecular formula is C7H12N2. The van der Waals surface area contributed by atoms with Crippen LogP contribution in [-0.2, 0) is 0 Å². The van der Waals surface area contributed by atoms with Gasteiger partial charge in [-0.2, -0.15) is 0 Å². The van der Waals surface area contributed by atoms with Crippen molar-refractivity contribution in [2.75, 3.05) is 0 Å². The fourth-order valence-electron chi connectivity index (χ4n) is 2.15. The molecule has 2 nitrogen and oxygen atoms in total. The van der Waals surface area contributed by atoms with Crippen molar-refractivity contribution >= 4 is 5.71 Å². The van der Waals surface area contributed by atoms with Crippen LogP contribution in [0.15, 0.2) is 0 Å². The summed E-state index contributed by atoms with van der Waals surface area (Å²) in [6, 6.07) is 0.128. The summed E-state index contributed by atoms with van der Waals surface area (Å²) in [5, 5.41) is 7.52.